The van der Waals surface area contributed by atoms with Crippen LogP contribution in [0.1, 0.15) is 13.3 Å². The third-order valence-electron chi connectivity index (χ3n) is 4.05. The van der Waals surface area contributed by atoms with Crippen LogP contribution in [0.4, 0.5) is 0 Å². The van der Waals surface area contributed by atoms with E-state index < -0.39 is 10.0 Å². The van der Waals surface area contributed by atoms with Gasteiger partial charge in [-0.25, -0.2) is 8.42 Å². The van der Waals surface area contributed by atoms with Crippen molar-refractivity contribution in [1.82, 2.24) is 4.31 Å². The second kappa shape index (κ2) is 10.9. The average molecular weight is 409 g/mol. The SMILES string of the molecule is CCOc1ccccc1OCCN(CCCN)S(=O)(=O)c1ccccc1OC. The van der Waals surface area contributed by atoms with Crippen LogP contribution >= 0.6 is 0 Å². The van der Waals surface area contributed by atoms with Crippen LogP contribution in [-0.2, 0) is 10.0 Å². The fraction of sp³-hybridized carbons (Fsp3) is 0.400. The van der Waals surface area contributed by atoms with E-state index in [0.717, 1.165) is 0 Å². The summed E-state index contributed by atoms with van der Waals surface area (Å²) in [5, 5.41) is 0. The fourth-order valence-electron chi connectivity index (χ4n) is 2.69. The van der Waals surface area contributed by atoms with Crippen LogP contribution in [0.15, 0.2) is 53.4 Å². The lowest BCUT2D eigenvalue weighted by molar-refractivity contribution is 0.251. The van der Waals surface area contributed by atoms with Gasteiger partial charge in [-0.3, -0.25) is 0 Å². The normalized spacial score (nSPS) is 11.4. The molecule has 7 nitrogen and oxygen atoms in total. The zero-order chi connectivity index (χ0) is 20.4. The maximum Gasteiger partial charge on any atom is 0.246 e. The summed E-state index contributed by atoms with van der Waals surface area (Å²) < 4.78 is 44.2. The predicted octanol–water partition coefficient (Wildman–Crippen LogP) is 2.51. The quantitative estimate of drug-likeness (QED) is 0.580. The van der Waals surface area contributed by atoms with Crippen molar-refractivity contribution < 1.29 is 22.6 Å². The van der Waals surface area contributed by atoms with Gasteiger partial charge in [0, 0.05) is 13.1 Å². The highest BCUT2D eigenvalue weighted by Crippen LogP contribution is 2.28. The maximum absolute atomic E-state index is 13.2. The van der Waals surface area contributed by atoms with Gasteiger partial charge in [-0.05, 0) is 44.2 Å². The lowest BCUT2D eigenvalue weighted by atomic mass is 10.3. The number of para-hydroxylation sites is 3. The Morgan fingerprint density at radius 1 is 0.929 bits per heavy atom. The number of hydrogen-bond donors (Lipinski definition) is 1. The molecule has 28 heavy (non-hydrogen) atoms. The zero-order valence-corrected chi connectivity index (χ0v) is 17.2. The first-order valence-corrected chi connectivity index (χ1v) is 10.7. The van der Waals surface area contributed by atoms with E-state index in [1.165, 1.54) is 17.5 Å². The summed E-state index contributed by atoms with van der Waals surface area (Å²) in [4.78, 5) is 0.129. The maximum atomic E-state index is 13.2. The number of sulfonamides is 1. The van der Waals surface area contributed by atoms with E-state index in [2.05, 4.69) is 0 Å². The number of benzene rings is 2. The molecule has 0 aromatic heterocycles. The van der Waals surface area contributed by atoms with Gasteiger partial charge in [-0.2, -0.15) is 4.31 Å². The standard InChI is InChI=1S/C20H28N2O5S/c1-3-26-17-9-4-5-10-18(17)27-16-15-22(14-8-13-21)28(23,24)20-12-7-6-11-19(20)25-2/h4-7,9-12H,3,8,13-16,21H2,1-2H3. The fourth-order valence-corrected chi connectivity index (χ4v) is 4.31. The van der Waals surface area contributed by atoms with E-state index in [-0.39, 0.29) is 18.0 Å². The highest BCUT2D eigenvalue weighted by Gasteiger charge is 2.27. The Hall–Kier alpha value is -2.29. The topological polar surface area (TPSA) is 91.1 Å². The van der Waals surface area contributed by atoms with Gasteiger partial charge in [-0.1, -0.05) is 24.3 Å². The van der Waals surface area contributed by atoms with E-state index in [1.54, 1.807) is 24.3 Å². The second-order valence-electron chi connectivity index (χ2n) is 5.93. The van der Waals surface area contributed by atoms with Gasteiger partial charge in [0.25, 0.3) is 0 Å². The predicted molar refractivity (Wildman–Crippen MR) is 109 cm³/mol. The van der Waals surface area contributed by atoms with Gasteiger partial charge >= 0.3 is 0 Å². The third kappa shape index (κ3) is 5.60. The molecule has 0 saturated carbocycles. The summed E-state index contributed by atoms with van der Waals surface area (Å²) in [5.41, 5.74) is 5.59. The summed E-state index contributed by atoms with van der Waals surface area (Å²) in [6.45, 7) is 3.47. The van der Waals surface area contributed by atoms with Crippen molar-refractivity contribution >= 4 is 10.0 Å². The highest BCUT2D eigenvalue weighted by atomic mass is 32.2. The van der Waals surface area contributed by atoms with Gasteiger partial charge in [0.05, 0.1) is 13.7 Å². The Morgan fingerprint density at radius 3 is 2.14 bits per heavy atom. The van der Waals surface area contributed by atoms with Gasteiger partial charge in [-0.15, -0.1) is 0 Å². The minimum absolute atomic E-state index is 0.129. The van der Waals surface area contributed by atoms with Gasteiger partial charge in [0.1, 0.15) is 17.3 Å². The number of rotatable bonds is 12. The average Bonchev–Trinajstić information content (AvgIpc) is 2.71. The summed E-state index contributed by atoms with van der Waals surface area (Å²) in [6.07, 6.45) is 0.546. The Labute approximate surface area is 167 Å². The van der Waals surface area contributed by atoms with Crippen molar-refractivity contribution in [1.29, 1.82) is 0 Å². The van der Waals surface area contributed by atoms with Crippen molar-refractivity contribution in [2.75, 3.05) is 40.0 Å². The smallest absolute Gasteiger partial charge is 0.246 e. The van der Waals surface area contributed by atoms with E-state index in [4.69, 9.17) is 19.9 Å². The first-order chi connectivity index (χ1) is 13.5. The van der Waals surface area contributed by atoms with Crippen LogP contribution in [0.3, 0.4) is 0 Å². The first-order valence-electron chi connectivity index (χ1n) is 9.22. The molecule has 2 aromatic rings. The van der Waals surface area contributed by atoms with Crippen LogP contribution in [-0.4, -0.2) is 52.7 Å². The minimum Gasteiger partial charge on any atom is -0.495 e. The number of nitrogens with zero attached hydrogens (tertiary/aromatic N) is 1. The molecule has 0 spiro atoms. The van der Waals surface area contributed by atoms with Crippen LogP contribution in [0.2, 0.25) is 0 Å². The van der Waals surface area contributed by atoms with Gasteiger partial charge in [0.15, 0.2) is 11.5 Å². The van der Waals surface area contributed by atoms with Gasteiger partial charge in [0.2, 0.25) is 10.0 Å². The molecule has 2 aromatic carbocycles. The lowest BCUT2D eigenvalue weighted by Gasteiger charge is -2.23. The molecular weight excluding hydrogens is 380 g/mol. The Bertz CT molecular complexity index is 842. The molecule has 0 unspecified atom stereocenters. The molecule has 0 aliphatic carbocycles. The summed E-state index contributed by atoms with van der Waals surface area (Å²) in [7, 11) is -2.30. The van der Waals surface area contributed by atoms with Crippen LogP contribution in [0, 0.1) is 0 Å². The van der Waals surface area contributed by atoms with Crippen molar-refractivity contribution in [2.24, 2.45) is 5.73 Å². The van der Waals surface area contributed by atoms with E-state index in [0.29, 0.717) is 43.4 Å². The van der Waals surface area contributed by atoms with Crippen LogP contribution < -0.4 is 19.9 Å². The molecule has 0 atom stereocenters. The van der Waals surface area contributed by atoms with Crippen molar-refractivity contribution in [2.45, 2.75) is 18.2 Å². The molecule has 0 aliphatic rings. The molecule has 0 fully saturated rings. The first kappa shape index (κ1) is 22.0. The molecule has 2 rings (SSSR count). The summed E-state index contributed by atoms with van der Waals surface area (Å²) in [6, 6.07) is 13.9. The van der Waals surface area contributed by atoms with Gasteiger partial charge < -0.3 is 19.9 Å². The lowest BCUT2D eigenvalue weighted by Crippen LogP contribution is -2.36. The Morgan fingerprint density at radius 2 is 1.54 bits per heavy atom. The summed E-state index contributed by atoms with van der Waals surface area (Å²) >= 11 is 0. The van der Waals surface area contributed by atoms with Crippen LogP contribution in [0.5, 0.6) is 17.2 Å². The Kier molecular flexibility index (Phi) is 8.56. The molecule has 0 bridgehead atoms. The number of ether oxygens (including phenoxy) is 3. The molecule has 0 heterocycles. The van der Waals surface area contributed by atoms with E-state index >= 15 is 0 Å². The van der Waals surface area contributed by atoms with E-state index in [9.17, 15) is 8.42 Å². The third-order valence-corrected chi connectivity index (χ3v) is 5.98. The summed E-state index contributed by atoms with van der Waals surface area (Å²) in [5.74, 6) is 1.52. The van der Waals surface area contributed by atoms with E-state index in [1.807, 2.05) is 25.1 Å². The molecule has 0 saturated heterocycles. The van der Waals surface area contributed by atoms with Crippen molar-refractivity contribution in [3.05, 3.63) is 48.5 Å². The molecule has 0 aliphatic heterocycles. The minimum atomic E-state index is -3.75. The monoisotopic (exact) mass is 408 g/mol. The number of nitrogens with two attached hydrogens (primary N) is 1. The Balaban J connectivity index is 2.15. The second-order valence-corrected chi connectivity index (χ2v) is 7.83. The number of methoxy groups -OCH3 is 1. The molecule has 154 valence electrons. The van der Waals surface area contributed by atoms with Crippen molar-refractivity contribution in [3.63, 3.8) is 0 Å². The molecule has 0 amide bonds. The molecule has 2 N–H and O–H groups in total. The highest BCUT2D eigenvalue weighted by molar-refractivity contribution is 7.89. The molecule has 0 radical (unpaired) electrons. The van der Waals surface area contributed by atoms with Crippen molar-refractivity contribution in [3.8, 4) is 17.2 Å². The largest absolute Gasteiger partial charge is 0.495 e. The zero-order valence-electron chi connectivity index (χ0n) is 16.3. The number of hydrogen-bond acceptors (Lipinski definition) is 6. The molecular formula is C20H28N2O5S. The van der Waals surface area contributed by atoms with Crippen LogP contribution in [0.25, 0.3) is 0 Å². The molecule has 8 heteroatoms.